The van der Waals surface area contributed by atoms with Crippen LogP contribution < -0.4 is 4.74 Å². The number of aliphatic carboxylic acids is 1. The van der Waals surface area contributed by atoms with Gasteiger partial charge in [0.2, 0.25) is 0 Å². The van der Waals surface area contributed by atoms with Gasteiger partial charge >= 0.3 is 5.97 Å². The Kier molecular flexibility index (Phi) is 7.73. The van der Waals surface area contributed by atoms with Crippen molar-refractivity contribution in [3.8, 4) is 5.75 Å². The lowest BCUT2D eigenvalue weighted by atomic mass is 10.2. The maximum atomic E-state index is 10.7. The van der Waals surface area contributed by atoms with Gasteiger partial charge in [-0.15, -0.1) is 0 Å². The first-order chi connectivity index (χ1) is 9.63. The van der Waals surface area contributed by atoms with Gasteiger partial charge in [0.1, 0.15) is 5.75 Å². The molecule has 0 fully saturated rings. The van der Waals surface area contributed by atoms with Gasteiger partial charge in [0, 0.05) is 19.1 Å². The summed E-state index contributed by atoms with van der Waals surface area (Å²) in [5.74, 6) is 0.145. The second-order valence-corrected chi connectivity index (χ2v) is 4.95. The minimum absolute atomic E-state index is 0.198. The first-order valence-electron chi connectivity index (χ1n) is 7.27. The summed E-state index contributed by atoms with van der Waals surface area (Å²) in [6, 6.07) is 10.2. The number of hydrogen-bond donors (Lipinski definition) is 1. The molecular formula is C16H25NO3. The Morgan fingerprint density at radius 2 is 2.00 bits per heavy atom. The molecule has 0 saturated heterocycles. The van der Waals surface area contributed by atoms with Crippen molar-refractivity contribution in [1.29, 1.82) is 0 Å². The second-order valence-electron chi connectivity index (χ2n) is 4.95. The number of nitrogens with zero attached hydrogens (tertiary/aromatic N) is 1. The van der Waals surface area contributed by atoms with Crippen molar-refractivity contribution in [2.45, 2.75) is 39.2 Å². The summed E-state index contributed by atoms with van der Waals surface area (Å²) in [6.45, 7) is 6.40. The molecule has 1 N–H and O–H groups in total. The Hall–Kier alpha value is -1.55. The summed E-state index contributed by atoms with van der Waals surface area (Å²) in [5, 5.41) is 8.79. The molecule has 1 aromatic rings. The van der Waals surface area contributed by atoms with Crippen molar-refractivity contribution in [2.75, 3.05) is 19.7 Å². The van der Waals surface area contributed by atoms with Crippen LogP contribution in [0.15, 0.2) is 30.3 Å². The zero-order valence-corrected chi connectivity index (χ0v) is 12.4. The minimum Gasteiger partial charge on any atom is -0.494 e. The van der Waals surface area contributed by atoms with Crippen LogP contribution >= 0.6 is 0 Å². The van der Waals surface area contributed by atoms with E-state index in [-0.39, 0.29) is 6.42 Å². The van der Waals surface area contributed by atoms with Gasteiger partial charge in [0.15, 0.2) is 0 Å². The number of benzene rings is 1. The monoisotopic (exact) mass is 279 g/mol. The van der Waals surface area contributed by atoms with Gasteiger partial charge in [-0.25, -0.2) is 0 Å². The van der Waals surface area contributed by atoms with Crippen LogP contribution in [0.1, 0.15) is 33.1 Å². The normalized spacial score (nSPS) is 12.3. The highest BCUT2D eigenvalue weighted by Gasteiger charge is 2.13. The first kappa shape index (κ1) is 16.5. The van der Waals surface area contributed by atoms with Crippen molar-refractivity contribution in [3.05, 3.63) is 30.3 Å². The van der Waals surface area contributed by atoms with E-state index in [1.807, 2.05) is 30.3 Å². The average molecular weight is 279 g/mol. The summed E-state index contributed by atoms with van der Waals surface area (Å²) >= 11 is 0. The smallest absolute Gasteiger partial charge is 0.304 e. The summed E-state index contributed by atoms with van der Waals surface area (Å²) in [7, 11) is 0. The molecule has 1 atom stereocenters. The van der Waals surface area contributed by atoms with Gasteiger partial charge < -0.3 is 9.84 Å². The molecule has 0 spiro atoms. The fourth-order valence-corrected chi connectivity index (χ4v) is 2.02. The van der Waals surface area contributed by atoms with E-state index in [4.69, 9.17) is 9.84 Å². The molecule has 0 heterocycles. The highest BCUT2D eigenvalue weighted by molar-refractivity contribution is 5.66. The van der Waals surface area contributed by atoms with E-state index in [0.29, 0.717) is 19.2 Å². The molecule has 112 valence electrons. The SMILES string of the molecule is CCC(C)N(CCCOc1ccccc1)CCC(=O)O. The molecule has 20 heavy (non-hydrogen) atoms. The third kappa shape index (κ3) is 6.57. The lowest BCUT2D eigenvalue weighted by Crippen LogP contribution is -2.35. The summed E-state index contributed by atoms with van der Waals surface area (Å²) in [5.41, 5.74) is 0. The van der Waals surface area contributed by atoms with Gasteiger partial charge in [0.25, 0.3) is 0 Å². The molecule has 0 aliphatic carbocycles. The first-order valence-corrected chi connectivity index (χ1v) is 7.27. The lowest BCUT2D eigenvalue weighted by Gasteiger charge is -2.27. The molecule has 4 nitrogen and oxygen atoms in total. The molecule has 1 unspecified atom stereocenters. The maximum absolute atomic E-state index is 10.7. The Labute approximate surface area is 121 Å². The number of carboxylic acids is 1. The number of carbonyl (C=O) groups is 1. The molecule has 0 bridgehead atoms. The van der Waals surface area contributed by atoms with Crippen LogP contribution in [0.25, 0.3) is 0 Å². The number of rotatable bonds is 10. The predicted molar refractivity (Wildman–Crippen MR) is 80.1 cm³/mol. The molecule has 0 saturated carbocycles. The molecule has 1 rings (SSSR count). The van der Waals surface area contributed by atoms with Crippen molar-refractivity contribution in [2.24, 2.45) is 0 Å². The van der Waals surface area contributed by atoms with E-state index in [9.17, 15) is 4.79 Å². The van der Waals surface area contributed by atoms with Crippen LogP contribution in [0, 0.1) is 0 Å². The molecular weight excluding hydrogens is 254 g/mol. The predicted octanol–water partition coefficient (Wildman–Crippen LogP) is 3.03. The van der Waals surface area contributed by atoms with Crippen molar-refractivity contribution in [3.63, 3.8) is 0 Å². The van der Waals surface area contributed by atoms with Gasteiger partial charge in [-0.3, -0.25) is 9.69 Å². The molecule has 0 radical (unpaired) electrons. The Balaban J connectivity index is 2.28. The number of hydrogen-bond acceptors (Lipinski definition) is 3. The van der Waals surface area contributed by atoms with Crippen molar-refractivity contribution >= 4 is 5.97 Å². The van der Waals surface area contributed by atoms with Crippen LogP contribution in [-0.4, -0.2) is 41.7 Å². The average Bonchev–Trinajstić information content (AvgIpc) is 2.46. The fourth-order valence-electron chi connectivity index (χ4n) is 2.02. The third-order valence-electron chi connectivity index (χ3n) is 3.43. The molecule has 4 heteroatoms. The Bertz CT molecular complexity index is 381. The number of para-hydroxylation sites is 1. The van der Waals surface area contributed by atoms with Gasteiger partial charge in [-0.05, 0) is 31.9 Å². The molecule has 0 aromatic heterocycles. The van der Waals surface area contributed by atoms with E-state index in [1.54, 1.807) is 0 Å². The molecule has 0 aliphatic heterocycles. The fraction of sp³-hybridized carbons (Fsp3) is 0.562. The molecule has 0 aliphatic rings. The van der Waals surface area contributed by atoms with E-state index in [1.165, 1.54) is 0 Å². The highest BCUT2D eigenvalue weighted by Crippen LogP contribution is 2.10. The number of carboxylic acid groups (broad SMARTS) is 1. The van der Waals surface area contributed by atoms with E-state index < -0.39 is 5.97 Å². The Morgan fingerprint density at radius 1 is 1.30 bits per heavy atom. The zero-order chi connectivity index (χ0) is 14.8. The Morgan fingerprint density at radius 3 is 2.60 bits per heavy atom. The van der Waals surface area contributed by atoms with Gasteiger partial charge in [0.05, 0.1) is 13.0 Å². The van der Waals surface area contributed by atoms with Gasteiger partial charge in [-0.1, -0.05) is 25.1 Å². The van der Waals surface area contributed by atoms with Crippen LogP contribution in [0.3, 0.4) is 0 Å². The van der Waals surface area contributed by atoms with E-state index in [0.717, 1.165) is 25.1 Å². The molecule has 1 aromatic carbocycles. The molecule has 0 amide bonds. The van der Waals surface area contributed by atoms with Crippen LogP contribution in [0.4, 0.5) is 0 Å². The summed E-state index contributed by atoms with van der Waals surface area (Å²) in [4.78, 5) is 12.9. The standard InChI is InChI=1S/C16H25NO3/c1-3-14(2)17(12-10-16(18)19)11-7-13-20-15-8-5-4-6-9-15/h4-6,8-9,14H,3,7,10-13H2,1-2H3,(H,18,19). The third-order valence-corrected chi connectivity index (χ3v) is 3.43. The topological polar surface area (TPSA) is 49.8 Å². The summed E-state index contributed by atoms with van der Waals surface area (Å²) in [6.07, 6.45) is 2.13. The number of ether oxygens (including phenoxy) is 1. The minimum atomic E-state index is -0.737. The maximum Gasteiger partial charge on any atom is 0.304 e. The van der Waals surface area contributed by atoms with Gasteiger partial charge in [-0.2, -0.15) is 0 Å². The lowest BCUT2D eigenvalue weighted by molar-refractivity contribution is -0.137. The van der Waals surface area contributed by atoms with E-state index >= 15 is 0 Å². The van der Waals surface area contributed by atoms with Crippen LogP contribution in [0.2, 0.25) is 0 Å². The van der Waals surface area contributed by atoms with Crippen molar-refractivity contribution < 1.29 is 14.6 Å². The van der Waals surface area contributed by atoms with Crippen LogP contribution in [0.5, 0.6) is 5.75 Å². The largest absolute Gasteiger partial charge is 0.494 e. The zero-order valence-electron chi connectivity index (χ0n) is 12.4. The quantitative estimate of drug-likeness (QED) is 0.669. The summed E-state index contributed by atoms with van der Waals surface area (Å²) < 4.78 is 5.65. The van der Waals surface area contributed by atoms with E-state index in [2.05, 4.69) is 18.7 Å². The second kappa shape index (κ2) is 9.37. The van der Waals surface area contributed by atoms with Crippen LogP contribution in [-0.2, 0) is 4.79 Å². The van der Waals surface area contributed by atoms with Crippen molar-refractivity contribution in [1.82, 2.24) is 4.90 Å². The highest BCUT2D eigenvalue weighted by atomic mass is 16.5.